The summed E-state index contributed by atoms with van der Waals surface area (Å²) in [6.45, 7) is 1.99. The number of aryl methyl sites for hydroxylation is 1. The molecule has 0 aliphatic carbocycles. The van der Waals surface area contributed by atoms with E-state index in [1.807, 2.05) is 26.2 Å². The molecule has 0 saturated heterocycles. The summed E-state index contributed by atoms with van der Waals surface area (Å²) in [6.07, 6.45) is 3.63. The van der Waals surface area contributed by atoms with E-state index in [-0.39, 0.29) is 11.9 Å². The van der Waals surface area contributed by atoms with E-state index in [0.29, 0.717) is 0 Å². The average molecular weight is 219 g/mol. The number of nitrogens with zero attached hydrogens (tertiary/aromatic N) is 2. The summed E-state index contributed by atoms with van der Waals surface area (Å²) in [7, 11) is 1.86. The maximum absolute atomic E-state index is 13.0. The Morgan fingerprint density at radius 1 is 1.44 bits per heavy atom. The number of benzene rings is 1. The predicted molar refractivity (Wildman–Crippen MR) is 61.6 cm³/mol. The van der Waals surface area contributed by atoms with Gasteiger partial charge in [-0.25, -0.2) is 4.39 Å². The van der Waals surface area contributed by atoms with Gasteiger partial charge in [-0.2, -0.15) is 5.10 Å². The van der Waals surface area contributed by atoms with E-state index in [0.717, 1.165) is 11.3 Å². The van der Waals surface area contributed by atoms with Gasteiger partial charge in [0.1, 0.15) is 5.82 Å². The minimum absolute atomic E-state index is 0.0555. The van der Waals surface area contributed by atoms with Crippen molar-refractivity contribution in [3.63, 3.8) is 0 Å². The smallest absolute Gasteiger partial charge is 0.123 e. The molecule has 0 saturated carbocycles. The maximum atomic E-state index is 13.0. The van der Waals surface area contributed by atoms with Gasteiger partial charge in [0.15, 0.2) is 0 Å². The van der Waals surface area contributed by atoms with E-state index in [1.165, 1.54) is 12.1 Å². The summed E-state index contributed by atoms with van der Waals surface area (Å²) >= 11 is 0. The topological polar surface area (TPSA) is 29.9 Å². The van der Waals surface area contributed by atoms with Crippen molar-refractivity contribution in [3.8, 4) is 0 Å². The minimum Gasteiger partial charge on any atom is -0.376 e. The van der Waals surface area contributed by atoms with E-state index in [9.17, 15) is 4.39 Å². The molecule has 3 nitrogen and oxygen atoms in total. The zero-order valence-corrected chi connectivity index (χ0v) is 9.31. The fraction of sp³-hybridized carbons (Fsp3) is 0.250. The van der Waals surface area contributed by atoms with Gasteiger partial charge in [0, 0.05) is 19.3 Å². The van der Waals surface area contributed by atoms with Crippen LogP contribution in [-0.2, 0) is 7.05 Å². The molecule has 1 heterocycles. The van der Waals surface area contributed by atoms with Crippen LogP contribution in [0.1, 0.15) is 18.5 Å². The van der Waals surface area contributed by atoms with E-state index in [1.54, 1.807) is 16.9 Å². The molecule has 0 fully saturated rings. The van der Waals surface area contributed by atoms with Crippen LogP contribution in [0.15, 0.2) is 36.7 Å². The molecule has 2 aromatic rings. The Bertz CT molecular complexity index is 479. The molecule has 1 N–H and O–H groups in total. The molecule has 1 aromatic heterocycles. The molecular weight excluding hydrogens is 205 g/mol. The lowest BCUT2D eigenvalue weighted by Gasteiger charge is -2.13. The maximum Gasteiger partial charge on any atom is 0.123 e. The lowest BCUT2D eigenvalue weighted by molar-refractivity contribution is 0.623. The molecule has 1 unspecified atom stereocenters. The van der Waals surface area contributed by atoms with Gasteiger partial charge >= 0.3 is 0 Å². The van der Waals surface area contributed by atoms with Crippen LogP contribution >= 0.6 is 0 Å². The molecule has 0 aliphatic rings. The Hall–Kier alpha value is -1.84. The highest BCUT2D eigenvalue weighted by Gasteiger charge is 2.06. The van der Waals surface area contributed by atoms with Gasteiger partial charge in [-0.05, 0) is 24.6 Å². The molecule has 0 bridgehead atoms. The molecule has 0 radical (unpaired) electrons. The van der Waals surface area contributed by atoms with Crippen molar-refractivity contribution in [2.45, 2.75) is 13.0 Å². The number of aromatic nitrogens is 2. The Labute approximate surface area is 93.9 Å². The van der Waals surface area contributed by atoms with E-state index in [4.69, 9.17) is 0 Å². The van der Waals surface area contributed by atoms with Crippen molar-refractivity contribution in [1.29, 1.82) is 0 Å². The Kier molecular flexibility index (Phi) is 2.90. The molecule has 2 rings (SSSR count). The van der Waals surface area contributed by atoms with Gasteiger partial charge < -0.3 is 5.32 Å². The zero-order chi connectivity index (χ0) is 11.5. The van der Waals surface area contributed by atoms with Crippen LogP contribution in [0.5, 0.6) is 0 Å². The third-order valence-electron chi connectivity index (χ3n) is 2.44. The van der Waals surface area contributed by atoms with Crippen molar-refractivity contribution in [1.82, 2.24) is 9.78 Å². The van der Waals surface area contributed by atoms with Gasteiger partial charge in [-0.15, -0.1) is 0 Å². The highest BCUT2D eigenvalue weighted by atomic mass is 19.1. The quantitative estimate of drug-likeness (QED) is 0.860. The molecule has 84 valence electrons. The zero-order valence-electron chi connectivity index (χ0n) is 9.31. The van der Waals surface area contributed by atoms with Crippen LogP contribution < -0.4 is 5.32 Å². The first-order valence-corrected chi connectivity index (χ1v) is 5.16. The standard InChI is InChI=1S/C12H14FN3/c1-9(10-4-3-5-11(13)6-10)15-12-7-14-16(2)8-12/h3-9,15H,1-2H3. The minimum atomic E-state index is -0.211. The first-order valence-electron chi connectivity index (χ1n) is 5.16. The highest BCUT2D eigenvalue weighted by molar-refractivity contribution is 5.41. The second-order valence-electron chi connectivity index (χ2n) is 3.82. The number of nitrogens with one attached hydrogen (secondary N) is 1. The second-order valence-corrected chi connectivity index (χ2v) is 3.82. The van der Waals surface area contributed by atoms with Crippen LogP contribution in [0.25, 0.3) is 0 Å². The highest BCUT2D eigenvalue weighted by Crippen LogP contribution is 2.18. The van der Waals surface area contributed by atoms with Crippen molar-refractivity contribution >= 4 is 5.69 Å². The molecule has 0 amide bonds. The Morgan fingerprint density at radius 3 is 2.88 bits per heavy atom. The van der Waals surface area contributed by atoms with Gasteiger partial charge in [0.25, 0.3) is 0 Å². The molecule has 0 aliphatic heterocycles. The lowest BCUT2D eigenvalue weighted by atomic mass is 10.1. The van der Waals surface area contributed by atoms with Gasteiger partial charge in [0.2, 0.25) is 0 Å². The predicted octanol–water partition coefficient (Wildman–Crippen LogP) is 2.73. The third kappa shape index (κ3) is 2.39. The average Bonchev–Trinajstić information content (AvgIpc) is 2.64. The molecule has 0 spiro atoms. The molecule has 1 atom stereocenters. The number of anilines is 1. The van der Waals surface area contributed by atoms with Gasteiger partial charge in [-0.3, -0.25) is 4.68 Å². The summed E-state index contributed by atoms with van der Waals surface area (Å²) in [5.41, 5.74) is 1.85. The fourth-order valence-electron chi connectivity index (χ4n) is 1.61. The number of hydrogen-bond acceptors (Lipinski definition) is 2. The summed E-state index contributed by atoms with van der Waals surface area (Å²) in [5.74, 6) is -0.211. The van der Waals surface area contributed by atoms with Crippen LogP contribution in [0.3, 0.4) is 0 Å². The largest absolute Gasteiger partial charge is 0.376 e. The van der Waals surface area contributed by atoms with Crippen LogP contribution in [0.4, 0.5) is 10.1 Å². The van der Waals surface area contributed by atoms with Crippen LogP contribution in [-0.4, -0.2) is 9.78 Å². The van der Waals surface area contributed by atoms with Crippen LogP contribution in [0, 0.1) is 5.82 Å². The van der Waals surface area contributed by atoms with Crippen molar-refractivity contribution < 1.29 is 4.39 Å². The van der Waals surface area contributed by atoms with E-state index in [2.05, 4.69) is 10.4 Å². The molecule has 1 aromatic carbocycles. The number of rotatable bonds is 3. The molecular formula is C12H14FN3. The van der Waals surface area contributed by atoms with Crippen molar-refractivity contribution in [2.24, 2.45) is 7.05 Å². The number of hydrogen-bond donors (Lipinski definition) is 1. The summed E-state index contributed by atoms with van der Waals surface area (Å²) in [6, 6.07) is 6.65. The van der Waals surface area contributed by atoms with E-state index < -0.39 is 0 Å². The van der Waals surface area contributed by atoms with Gasteiger partial charge in [0.05, 0.1) is 11.9 Å². The fourth-order valence-corrected chi connectivity index (χ4v) is 1.61. The molecule has 16 heavy (non-hydrogen) atoms. The first-order chi connectivity index (χ1) is 7.65. The third-order valence-corrected chi connectivity index (χ3v) is 2.44. The second kappa shape index (κ2) is 4.35. The first kappa shape index (κ1) is 10.7. The van der Waals surface area contributed by atoms with E-state index >= 15 is 0 Å². The lowest BCUT2D eigenvalue weighted by Crippen LogP contribution is -2.06. The monoisotopic (exact) mass is 219 g/mol. The van der Waals surface area contributed by atoms with Crippen LogP contribution in [0.2, 0.25) is 0 Å². The summed E-state index contributed by atoms with van der Waals surface area (Å²) in [5, 5.41) is 7.32. The SMILES string of the molecule is CC(Nc1cnn(C)c1)c1cccc(F)c1. The number of halogens is 1. The Morgan fingerprint density at radius 2 is 2.25 bits per heavy atom. The Balaban J connectivity index is 2.11. The normalized spacial score (nSPS) is 12.4. The summed E-state index contributed by atoms with van der Waals surface area (Å²) in [4.78, 5) is 0. The summed E-state index contributed by atoms with van der Waals surface area (Å²) < 4.78 is 14.7. The van der Waals surface area contributed by atoms with Crippen molar-refractivity contribution in [2.75, 3.05) is 5.32 Å². The van der Waals surface area contributed by atoms with Gasteiger partial charge in [-0.1, -0.05) is 12.1 Å². The molecule has 4 heteroatoms. The van der Waals surface area contributed by atoms with Crippen molar-refractivity contribution in [3.05, 3.63) is 48.0 Å².